The zero-order valence-electron chi connectivity index (χ0n) is 8.11. The maximum Gasteiger partial charge on any atom is 0.243 e. The Morgan fingerprint density at radius 2 is 2.13 bits per heavy atom. The molecule has 80 valence electrons. The molecule has 0 spiro atoms. The summed E-state index contributed by atoms with van der Waals surface area (Å²) >= 11 is 0. The molecule has 1 amide bonds. The summed E-state index contributed by atoms with van der Waals surface area (Å²) in [4.78, 5) is 11.0. The van der Waals surface area contributed by atoms with E-state index >= 15 is 0 Å². The van der Waals surface area contributed by atoms with Crippen LogP contribution in [0.15, 0.2) is 36.9 Å². The fourth-order valence-electron chi connectivity index (χ4n) is 1.16. The first-order valence-electron chi connectivity index (χ1n) is 4.46. The SMILES string of the molecule is C=CC(=O)NC(CO)c1ccc(F)cc1. The highest BCUT2D eigenvalue weighted by atomic mass is 19.1. The predicted octanol–water partition coefficient (Wildman–Crippen LogP) is 1.16. The van der Waals surface area contributed by atoms with Crippen LogP contribution in [0, 0.1) is 5.82 Å². The highest BCUT2D eigenvalue weighted by Gasteiger charge is 2.11. The smallest absolute Gasteiger partial charge is 0.243 e. The van der Waals surface area contributed by atoms with Crippen LogP contribution < -0.4 is 5.32 Å². The Hall–Kier alpha value is -1.68. The van der Waals surface area contributed by atoms with E-state index in [0.29, 0.717) is 5.56 Å². The van der Waals surface area contributed by atoms with Crippen molar-refractivity contribution in [3.05, 3.63) is 48.3 Å². The van der Waals surface area contributed by atoms with Crippen LogP contribution in [0.3, 0.4) is 0 Å². The fraction of sp³-hybridized carbons (Fsp3) is 0.182. The monoisotopic (exact) mass is 209 g/mol. The van der Waals surface area contributed by atoms with Crippen LogP contribution in [-0.2, 0) is 4.79 Å². The number of aliphatic hydroxyl groups is 1. The molecule has 0 aliphatic rings. The van der Waals surface area contributed by atoms with Gasteiger partial charge in [0.1, 0.15) is 5.82 Å². The molecule has 1 rings (SSSR count). The molecule has 0 aliphatic carbocycles. The Bertz CT molecular complexity index is 348. The molecule has 15 heavy (non-hydrogen) atoms. The number of carbonyl (C=O) groups is 1. The van der Waals surface area contributed by atoms with Crippen molar-refractivity contribution >= 4 is 5.91 Å². The number of benzene rings is 1. The molecule has 2 N–H and O–H groups in total. The fourth-order valence-corrected chi connectivity index (χ4v) is 1.16. The molecule has 3 nitrogen and oxygen atoms in total. The summed E-state index contributed by atoms with van der Waals surface area (Å²) in [6.45, 7) is 3.06. The van der Waals surface area contributed by atoms with E-state index < -0.39 is 6.04 Å². The van der Waals surface area contributed by atoms with E-state index in [4.69, 9.17) is 5.11 Å². The van der Waals surface area contributed by atoms with Gasteiger partial charge >= 0.3 is 0 Å². The molecule has 0 saturated carbocycles. The minimum Gasteiger partial charge on any atom is -0.394 e. The van der Waals surface area contributed by atoms with Gasteiger partial charge in [-0.1, -0.05) is 18.7 Å². The van der Waals surface area contributed by atoms with Gasteiger partial charge in [0.15, 0.2) is 0 Å². The van der Waals surface area contributed by atoms with Crippen molar-refractivity contribution in [2.24, 2.45) is 0 Å². The van der Waals surface area contributed by atoms with E-state index in [0.717, 1.165) is 6.08 Å². The maximum absolute atomic E-state index is 12.6. The molecule has 0 radical (unpaired) electrons. The van der Waals surface area contributed by atoms with Crippen LogP contribution in [0.2, 0.25) is 0 Å². The van der Waals surface area contributed by atoms with E-state index in [1.165, 1.54) is 24.3 Å². The zero-order chi connectivity index (χ0) is 11.3. The third kappa shape index (κ3) is 3.18. The molecular weight excluding hydrogens is 197 g/mol. The van der Waals surface area contributed by atoms with Crippen LogP contribution in [0.5, 0.6) is 0 Å². The van der Waals surface area contributed by atoms with Crippen molar-refractivity contribution in [2.75, 3.05) is 6.61 Å². The Morgan fingerprint density at radius 3 is 2.60 bits per heavy atom. The summed E-state index contributed by atoms with van der Waals surface area (Å²) in [5, 5.41) is 11.6. The Labute approximate surface area is 87.2 Å². The number of hydrogen-bond donors (Lipinski definition) is 2. The molecule has 1 unspecified atom stereocenters. The van der Waals surface area contributed by atoms with Crippen LogP contribution >= 0.6 is 0 Å². The quantitative estimate of drug-likeness (QED) is 0.731. The number of amides is 1. The lowest BCUT2D eigenvalue weighted by Gasteiger charge is -2.15. The average molecular weight is 209 g/mol. The summed E-state index contributed by atoms with van der Waals surface area (Å²) in [6, 6.07) is 5.05. The van der Waals surface area contributed by atoms with E-state index in [2.05, 4.69) is 11.9 Å². The van der Waals surface area contributed by atoms with Gasteiger partial charge < -0.3 is 10.4 Å². The first-order chi connectivity index (χ1) is 7.17. The van der Waals surface area contributed by atoms with Gasteiger partial charge in [-0.3, -0.25) is 4.79 Å². The number of hydrogen-bond acceptors (Lipinski definition) is 2. The van der Waals surface area contributed by atoms with Crippen LogP contribution in [0.25, 0.3) is 0 Å². The van der Waals surface area contributed by atoms with Crippen molar-refractivity contribution in [1.82, 2.24) is 5.32 Å². The second-order valence-corrected chi connectivity index (χ2v) is 3.00. The number of aliphatic hydroxyl groups excluding tert-OH is 1. The molecular formula is C11H12FNO2. The van der Waals surface area contributed by atoms with Crippen LogP contribution in [-0.4, -0.2) is 17.6 Å². The molecule has 1 aromatic rings. The van der Waals surface area contributed by atoms with Crippen molar-refractivity contribution in [2.45, 2.75) is 6.04 Å². The van der Waals surface area contributed by atoms with E-state index in [1.54, 1.807) is 0 Å². The maximum atomic E-state index is 12.6. The third-order valence-corrected chi connectivity index (χ3v) is 1.96. The number of rotatable bonds is 4. The molecule has 0 aromatic heterocycles. The lowest BCUT2D eigenvalue weighted by atomic mass is 10.1. The first-order valence-corrected chi connectivity index (χ1v) is 4.46. The molecule has 0 heterocycles. The third-order valence-electron chi connectivity index (χ3n) is 1.96. The van der Waals surface area contributed by atoms with Gasteiger partial charge in [-0.25, -0.2) is 4.39 Å². The topological polar surface area (TPSA) is 49.3 Å². The van der Waals surface area contributed by atoms with Crippen LogP contribution in [0.4, 0.5) is 4.39 Å². The average Bonchev–Trinajstić information content (AvgIpc) is 2.27. The Morgan fingerprint density at radius 1 is 1.53 bits per heavy atom. The lowest BCUT2D eigenvalue weighted by Crippen LogP contribution is -2.29. The molecule has 0 fully saturated rings. The lowest BCUT2D eigenvalue weighted by molar-refractivity contribution is -0.117. The van der Waals surface area contributed by atoms with Gasteiger partial charge in [0, 0.05) is 0 Å². The summed E-state index contributed by atoms with van der Waals surface area (Å²) < 4.78 is 12.6. The molecule has 0 saturated heterocycles. The number of nitrogens with one attached hydrogen (secondary N) is 1. The second kappa shape index (κ2) is 5.26. The minimum atomic E-state index is -0.531. The standard InChI is InChI=1S/C11H12FNO2/c1-2-11(15)13-10(7-14)8-3-5-9(12)6-4-8/h2-6,10,14H,1,7H2,(H,13,15). The predicted molar refractivity (Wildman–Crippen MR) is 54.6 cm³/mol. The molecule has 1 aromatic carbocycles. The molecule has 0 bridgehead atoms. The van der Waals surface area contributed by atoms with Gasteiger partial charge in [-0.05, 0) is 23.8 Å². The van der Waals surface area contributed by atoms with Gasteiger partial charge in [0.2, 0.25) is 5.91 Å². The largest absolute Gasteiger partial charge is 0.394 e. The van der Waals surface area contributed by atoms with Crippen LogP contribution in [0.1, 0.15) is 11.6 Å². The normalized spacial score (nSPS) is 11.9. The van der Waals surface area contributed by atoms with E-state index in [1.807, 2.05) is 0 Å². The van der Waals surface area contributed by atoms with Gasteiger partial charge in [-0.2, -0.15) is 0 Å². The molecule has 4 heteroatoms. The Kier molecular flexibility index (Phi) is 4.00. The summed E-state index contributed by atoms with van der Waals surface area (Å²) in [7, 11) is 0. The molecule has 0 aliphatic heterocycles. The zero-order valence-corrected chi connectivity index (χ0v) is 8.11. The second-order valence-electron chi connectivity index (χ2n) is 3.00. The number of halogens is 1. The summed E-state index contributed by atoms with van der Waals surface area (Å²) in [5.41, 5.74) is 0.647. The summed E-state index contributed by atoms with van der Waals surface area (Å²) in [5.74, 6) is -0.733. The molecule has 1 atom stereocenters. The highest BCUT2D eigenvalue weighted by molar-refractivity contribution is 5.87. The van der Waals surface area contributed by atoms with Gasteiger partial charge in [0.25, 0.3) is 0 Å². The van der Waals surface area contributed by atoms with Crippen molar-refractivity contribution in [3.8, 4) is 0 Å². The van der Waals surface area contributed by atoms with E-state index in [-0.39, 0.29) is 18.3 Å². The van der Waals surface area contributed by atoms with Gasteiger partial charge in [-0.15, -0.1) is 0 Å². The highest BCUT2D eigenvalue weighted by Crippen LogP contribution is 2.12. The van der Waals surface area contributed by atoms with Gasteiger partial charge in [0.05, 0.1) is 12.6 Å². The van der Waals surface area contributed by atoms with E-state index in [9.17, 15) is 9.18 Å². The minimum absolute atomic E-state index is 0.245. The number of carbonyl (C=O) groups excluding carboxylic acids is 1. The summed E-state index contributed by atoms with van der Waals surface area (Å²) in [6.07, 6.45) is 1.12. The van der Waals surface area contributed by atoms with Crippen molar-refractivity contribution in [1.29, 1.82) is 0 Å². The van der Waals surface area contributed by atoms with Crippen molar-refractivity contribution in [3.63, 3.8) is 0 Å². The first kappa shape index (κ1) is 11.4. The van der Waals surface area contributed by atoms with Crippen molar-refractivity contribution < 1.29 is 14.3 Å². The Balaban J connectivity index is 2.78.